The third-order valence-electron chi connectivity index (χ3n) is 5.63. The van der Waals surface area contributed by atoms with Crippen LogP contribution in [0.15, 0.2) is 36.7 Å². The van der Waals surface area contributed by atoms with Gasteiger partial charge >= 0.3 is 0 Å². The number of halogens is 1. The number of amides is 1. The fraction of sp³-hybridized carbons (Fsp3) is 0.474. The summed E-state index contributed by atoms with van der Waals surface area (Å²) in [6, 6.07) is 6.32. The maximum Gasteiger partial charge on any atom is 0.241 e. The Labute approximate surface area is 152 Å². The van der Waals surface area contributed by atoms with Crippen LogP contribution in [-0.2, 0) is 18.4 Å². The minimum Gasteiger partial charge on any atom is -0.309 e. The molecule has 1 spiro atoms. The second kappa shape index (κ2) is 6.48. The van der Waals surface area contributed by atoms with Crippen molar-refractivity contribution < 1.29 is 9.18 Å². The third-order valence-corrected chi connectivity index (χ3v) is 5.63. The molecular weight excluding hydrogens is 333 g/mol. The Morgan fingerprint density at radius 1 is 1.27 bits per heavy atom. The van der Waals surface area contributed by atoms with Crippen molar-refractivity contribution in [2.45, 2.75) is 18.5 Å². The average molecular weight is 357 g/mol. The lowest BCUT2D eigenvalue weighted by atomic mass is 9.92. The fourth-order valence-corrected chi connectivity index (χ4v) is 4.17. The molecule has 2 fully saturated rings. The summed E-state index contributed by atoms with van der Waals surface area (Å²) in [5.74, 6) is -0.290. The van der Waals surface area contributed by atoms with E-state index in [1.807, 2.05) is 37.2 Å². The Hall–Kier alpha value is -2.25. The van der Waals surface area contributed by atoms with E-state index in [-0.39, 0.29) is 17.3 Å². The Bertz CT molecular complexity index is 822. The molecule has 0 radical (unpaired) electrons. The van der Waals surface area contributed by atoms with E-state index in [1.54, 1.807) is 11.0 Å². The molecule has 2 aliphatic rings. The molecule has 0 unspecified atom stereocenters. The van der Waals surface area contributed by atoms with E-state index in [1.165, 1.54) is 17.7 Å². The molecule has 7 heteroatoms. The molecule has 0 N–H and O–H groups in total. The van der Waals surface area contributed by atoms with Gasteiger partial charge in [0.05, 0.1) is 18.3 Å². The largest absolute Gasteiger partial charge is 0.309 e. The summed E-state index contributed by atoms with van der Waals surface area (Å²) >= 11 is 0. The first kappa shape index (κ1) is 17.2. The van der Waals surface area contributed by atoms with Gasteiger partial charge in [-0.2, -0.15) is 5.10 Å². The van der Waals surface area contributed by atoms with Crippen molar-refractivity contribution in [3.05, 3.63) is 48.0 Å². The van der Waals surface area contributed by atoms with Gasteiger partial charge in [0.2, 0.25) is 5.91 Å². The minimum atomic E-state index is -0.312. The fourth-order valence-electron chi connectivity index (χ4n) is 4.17. The van der Waals surface area contributed by atoms with Gasteiger partial charge in [-0.25, -0.2) is 4.39 Å². The Balaban J connectivity index is 1.52. The Morgan fingerprint density at radius 3 is 2.85 bits per heavy atom. The smallest absolute Gasteiger partial charge is 0.241 e. The molecule has 26 heavy (non-hydrogen) atoms. The van der Waals surface area contributed by atoms with Crippen LogP contribution in [0, 0.1) is 5.82 Å². The zero-order valence-electron chi connectivity index (χ0n) is 15.2. The topological polar surface area (TPSA) is 44.6 Å². The summed E-state index contributed by atoms with van der Waals surface area (Å²) in [6.45, 7) is 3.67. The number of hydrogen-bond donors (Lipinski definition) is 0. The van der Waals surface area contributed by atoms with Crippen LogP contribution in [-0.4, -0.2) is 64.3 Å². The lowest BCUT2D eigenvalue weighted by Crippen LogP contribution is -2.64. The van der Waals surface area contributed by atoms with Crippen LogP contribution in [0.4, 0.5) is 10.1 Å². The van der Waals surface area contributed by atoms with Crippen LogP contribution >= 0.6 is 0 Å². The van der Waals surface area contributed by atoms with Gasteiger partial charge in [-0.1, -0.05) is 6.07 Å². The number of likely N-dealkylation sites (tertiary alicyclic amines) is 1. The summed E-state index contributed by atoms with van der Waals surface area (Å²) in [5, 5.41) is 4.24. The van der Waals surface area contributed by atoms with Crippen LogP contribution in [0.25, 0.3) is 0 Å². The molecule has 0 bridgehead atoms. The minimum absolute atomic E-state index is 0.0226. The van der Waals surface area contributed by atoms with Gasteiger partial charge in [-0.05, 0) is 31.7 Å². The summed E-state index contributed by atoms with van der Waals surface area (Å²) in [6.07, 6.45) is 4.93. The van der Waals surface area contributed by atoms with Gasteiger partial charge in [0, 0.05) is 50.7 Å². The van der Waals surface area contributed by atoms with E-state index in [0.29, 0.717) is 18.8 Å². The van der Waals surface area contributed by atoms with E-state index in [0.717, 1.165) is 26.1 Å². The van der Waals surface area contributed by atoms with Crippen molar-refractivity contribution in [2.24, 2.45) is 7.05 Å². The van der Waals surface area contributed by atoms with Crippen LogP contribution in [0.1, 0.15) is 12.0 Å². The molecule has 0 aliphatic carbocycles. The number of benzene rings is 1. The average Bonchev–Trinajstić information content (AvgIpc) is 3.19. The van der Waals surface area contributed by atoms with E-state index in [9.17, 15) is 9.18 Å². The molecule has 2 aromatic rings. The van der Waals surface area contributed by atoms with E-state index in [4.69, 9.17) is 0 Å². The summed E-state index contributed by atoms with van der Waals surface area (Å²) in [4.78, 5) is 18.9. The van der Waals surface area contributed by atoms with Gasteiger partial charge < -0.3 is 4.90 Å². The van der Waals surface area contributed by atoms with Crippen molar-refractivity contribution >= 4 is 11.6 Å². The Kier molecular flexibility index (Phi) is 4.28. The second-order valence-corrected chi connectivity index (χ2v) is 7.52. The third kappa shape index (κ3) is 3.12. The lowest BCUT2D eigenvalue weighted by Gasteiger charge is -2.47. The zero-order valence-corrected chi connectivity index (χ0v) is 15.2. The number of nitrogens with zero attached hydrogens (tertiary/aromatic N) is 5. The van der Waals surface area contributed by atoms with Crippen LogP contribution < -0.4 is 4.90 Å². The van der Waals surface area contributed by atoms with Crippen molar-refractivity contribution in [3.63, 3.8) is 0 Å². The highest BCUT2D eigenvalue weighted by Gasteiger charge is 2.47. The molecule has 1 atom stereocenters. The highest BCUT2D eigenvalue weighted by atomic mass is 19.1. The van der Waals surface area contributed by atoms with Crippen molar-refractivity contribution in [3.8, 4) is 0 Å². The summed E-state index contributed by atoms with van der Waals surface area (Å²) < 4.78 is 15.5. The standard InChI is InChI=1S/C19H24FN5O/c1-22-12-18(26)25(17-5-3-4-16(20)8-17)14-19(22)6-7-24(13-19)11-15-9-21-23(2)10-15/h3-5,8-10H,6-7,11-14H2,1-2H3/t19-/m1/s1. The first-order valence-corrected chi connectivity index (χ1v) is 8.92. The normalized spacial score (nSPS) is 24.7. The number of carbonyl (C=O) groups excluding carboxylic acids is 1. The molecule has 2 saturated heterocycles. The lowest BCUT2D eigenvalue weighted by molar-refractivity contribution is -0.123. The number of carbonyl (C=O) groups is 1. The molecule has 138 valence electrons. The van der Waals surface area contributed by atoms with Gasteiger partial charge in [0.1, 0.15) is 5.82 Å². The number of piperazine rings is 1. The monoisotopic (exact) mass is 357 g/mol. The molecule has 1 aromatic heterocycles. The number of rotatable bonds is 3. The number of aromatic nitrogens is 2. The predicted octanol–water partition coefficient (Wildman–Crippen LogP) is 1.48. The summed E-state index contributed by atoms with van der Waals surface area (Å²) in [7, 11) is 3.95. The van der Waals surface area contributed by atoms with Crippen molar-refractivity contribution in [1.29, 1.82) is 0 Å². The van der Waals surface area contributed by atoms with Gasteiger partial charge in [-0.3, -0.25) is 19.3 Å². The van der Waals surface area contributed by atoms with Gasteiger partial charge in [-0.15, -0.1) is 0 Å². The van der Waals surface area contributed by atoms with Crippen LogP contribution in [0.3, 0.4) is 0 Å². The predicted molar refractivity (Wildman–Crippen MR) is 97.2 cm³/mol. The molecule has 6 nitrogen and oxygen atoms in total. The highest BCUT2D eigenvalue weighted by Crippen LogP contribution is 2.34. The maximum absolute atomic E-state index is 13.6. The molecule has 0 saturated carbocycles. The van der Waals surface area contributed by atoms with Gasteiger partial charge in [0.25, 0.3) is 0 Å². The van der Waals surface area contributed by atoms with Crippen LogP contribution in [0.2, 0.25) is 0 Å². The van der Waals surface area contributed by atoms with E-state index >= 15 is 0 Å². The first-order chi connectivity index (χ1) is 12.4. The zero-order chi connectivity index (χ0) is 18.3. The highest BCUT2D eigenvalue weighted by molar-refractivity contribution is 5.96. The van der Waals surface area contributed by atoms with Crippen molar-refractivity contribution in [2.75, 3.05) is 38.1 Å². The maximum atomic E-state index is 13.6. The number of anilines is 1. The number of likely N-dealkylation sites (N-methyl/N-ethyl adjacent to an activating group) is 1. The quantitative estimate of drug-likeness (QED) is 0.835. The molecule has 2 aliphatic heterocycles. The second-order valence-electron chi connectivity index (χ2n) is 7.52. The molecule has 1 amide bonds. The first-order valence-electron chi connectivity index (χ1n) is 8.92. The van der Waals surface area contributed by atoms with E-state index in [2.05, 4.69) is 14.9 Å². The van der Waals surface area contributed by atoms with Crippen molar-refractivity contribution in [1.82, 2.24) is 19.6 Å². The van der Waals surface area contributed by atoms with E-state index < -0.39 is 0 Å². The van der Waals surface area contributed by atoms with Crippen LogP contribution in [0.5, 0.6) is 0 Å². The summed E-state index contributed by atoms with van der Waals surface area (Å²) in [5.41, 5.74) is 1.75. The SMILES string of the molecule is CN1CC(=O)N(c2cccc(F)c2)C[C@]12CCN(Cc1cnn(C)c1)C2. The number of aryl methyl sites for hydroxylation is 1. The van der Waals surface area contributed by atoms with Gasteiger partial charge in [0.15, 0.2) is 0 Å². The Morgan fingerprint density at radius 2 is 2.12 bits per heavy atom. The molecule has 3 heterocycles. The molecular formula is C19H24FN5O. The molecule has 4 rings (SSSR count). The number of hydrogen-bond acceptors (Lipinski definition) is 4. The molecule has 1 aromatic carbocycles.